The lowest BCUT2D eigenvalue weighted by Crippen LogP contribution is -2.31. The number of carbonyl (C=O) groups is 3. The number of nitrogens with zero attached hydrogens (tertiary/aromatic N) is 12. The molecule has 2 aromatic carbocycles. The Hall–Kier alpha value is -11.0. The van der Waals surface area contributed by atoms with Gasteiger partial charge >= 0.3 is 17.9 Å². The van der Waals surface area contributed by atoms with Crippen molar-refractivity contribution < 1.29 is 43.6 Å². The number of fused-ring (bicyclic) bond motifs is 15. The number of ether oxygens (including phenoxy) is 2. The number of aromatic hydroxyl groups is 1. The standard InChI is InChI=1S/C25H22N4O3S3.C21H13N3O2S4.C18H18N2O2S3.C14H12N2S3.C14H11NO2S2/c1-26-17(25-27-16-6-4-5-7-18(16)32-25)12-15-13-19-23(33-15)24-20(34-19)14-21(35-24)29(3)11-10-28(2)9-8-22(30)31;1-22-13(21-23-12-5-3-4-6-14(12)29-21)7-11-8-15-19(27-11)20-16(28-15)9-17(30-20)24(2)10-18(25)26;1-18(2,3)22-17(21)11(19-4)7-10-8-12-15(23-10)16-13(24-12)9-14(25-16)20(5)6;1-8(15-2)5-9-6-10-13(17-9)14-11(18-10)7-12(19-14)16(3)4;1-7-13(15-4)12(14(2,3)17-7)10-5-8-9(18-10)6-11(16)19-8/h4-7,12-14H,8-11H2,2-3H3,(H,30,31);3-9H,10H2,2H3,(H,25,26);7-9H,1-3,5-6H3;5-7H,1,3-4H3;5-6,16H,1H2,2-3H3/b17-12-;13-7-;11-7-;8-5-;. The maximum Gasteiger partial charge on any atom is 0.336 e. The molecule has 16 aromatic heterocycles. The number of thiophene rings is 14. The van der Waals surface area contributed by atoms with Gasteiger partial charge in [-0.15, -0.1) is 159 Å². The van der Waals surface area contributed by atoms with Crippen molar-refractivity contribution in [2.45, 2.75) is 59.2 Å². The summed E-state index contributed by atoms with van der Waals surface area (Å²) in [7, 11) is 14.1. The number of rotatable bonds is 20. The van der Waals surface area contributed by atoms with Crippen LogP contribution in [-0.2, 0) is 23.9 Å². The number of carboxylic acids is 2. The van der Waals surface area contributed by atoms with Crippen molar-refractivity contribution in [1.29, 1.82) is 0 Å². The van der Waals surface area contributed by atoms with E-state index < -0.39 is 29.1 Å². The molecule has 1 aliphatic rings. The number of aromatic nitrogens is 2. The minimum absolute atomic E-state index is 0.0141. The van der Waals surface area contributed by atoms with Gasteiger partial charge < -0.3 is 53.7 Å². The highest BCUT2D eigenvalue weighted by Crippen LogP contribution is 2.53. The predicted molar refractivity (Wildman–Crippen MR) is 555 cm³/mol. The van der Waals surface area contributed by atoms with Crippen molar-refractivity contribution in [3.63, 3.8) is 0 Å². The highest BCUT2D eigenvalue weighted by atomic mass is 32.2. The van der Waals surface area contributed by atoms with E-state index in [1.54, 1.807) is 170 Å². The molecule has 18 aromatic rings. The van der Waals surface area contributed by atoms with E-state index in [2.05, 4.69) is 119 Å². The molecule has 648 valence electrons. The van der Waals surface area contributed by atoms with Crippen LogP contribution < -0.4 is 19.6 Å². The molecule has 17 heterocycles. The summed E-state index contributed by atoms with van der Waals surface area (Å²) in [6.45, 7) is 54.0. The van der Waals surface area contributed by atoms with E-state index in [4.69, 9.17) is 57.0 Å². The molecule has 36 heteroatoms. The molecule has 0 amide bonds. The first-order chi connectivity index (χ1) is 61.1. The fraction of sp³-hybridized carbons (Fsp3) is 0.217. The highest BCUT2D eigenvalue weighted by Gasteiger charge is 2.39. The zero-order chi connectivity index (χ0) is 91.1. The second-order valence-electron chi connectivity index (χ2n) is 30.9. The fourth-order valence-electron chi connectivity index (χ4n) is 13.2. The van der Waals surface area contributed by atoms with Crippen molar-refractivity contribution in [3.05, 3.63) is 231 Å². The molecule has 0 saturated heterocycles. The van der Waals surface area contributed by atoms with Crippen LogP contribution in [-0.4, -0.2) is 135 Å². The topological polar surface area (TPSA) is 207 Å². The summed E-state index contributed by atoms with van der Waals surface area (Å²) in [5.41, 5.74) is 4.28. The van der Waals surface area contributed by atoms with E-state index in [0.29, 0.717) is 45.9 Å². The van der Waals surface area contributed by atoms with E-state index >= 15 is 0 Å². The Bertz CT molecular complexity index is 7690. The molecule has 0 spiro atoms. The molecule has 0 unspecified atom stereocenters. The average Bonchev–Trinajstić information content (AvgIpc) is 1.62. The number of aliphatic carboxylic acids is 2. The summed E-state index contributed by atoms with van der Waals surface area (Å²) in [5.74, 6) is -1.40. The zero-order valence-electron chi connectivity index (χ0n) is 70.7. The Morgan fingerprint density at radius 2 is 0.977 bits per heavy atom. The van der Waals surface area contributed by atoms with E-state index in [-0.39, 0.29) is 18.7 Å². The third-order valence-corrected chi connectivity index (χ3v) is 37.9. The van der Waals surface area contributed by atoms with Crippen LogP contribution in [0.2, 0.25) is 0 Å². The number of hydrogen-bond acceptors (Lipinski definition) is 29. The smallest absolute Gasteiger partial charge is 0.336 e. The zero-order valence-corrected chi connectivity index (χ0v) is 83.0. The number of carbonyl (C=O) groups excluding carboxylic acids is 1. The van der Waals surface area contributed by atoms with E-state index in [1.165, 1.54) is 118 Å². The van der Waals surface area contributed by atoms with Gasteiger partial charge in [0, 0.05) is 145 Å². The number of allylic oxidation sites excluding steroid dienone is 1. The number of hydrogen-bond donors (Lipinski definition) is 3. The summed E-state index contributed by atoms with van der Waals surface area (Å²) < 4.78 is 40.0. The Kier molecular flexibility index (Phi) is 27.5. The Morgan fingerprint density at radius 1 is 0.500 bits per heavy atom. The highest BCUT2D eigenvalue weighted by molar-refractivity contribution is 7.42. The number of esters is 1. The second-order valence-corrected chi connectivity index (χ2v) is 46.9. The van der Waals surface area contributed by atoms with Crippen molar-refractivity contribution in [2.75, 3.05) is 95.1 Å². The molecule has 3 N–H and O–H groups in total. The first kappa shape index (κ1) is 91.7. The quantitative estimate of drug-likeness (QED) is 0.0368. The van der Waals surface area contributed by atoms with Crippen molar-refractivity contribution in [3.8, 4) is 5.06 Å². The normalized spacial score (nSPS) is 13.1. The van der Waals surface area contributed by atoms with Gasteiger partial charge in [0.1, 0.15) is 34.0 Å². The molecule has 0 fully saturated rings. The van der Waals surface area contributed by atoms with E-state index in [1.807, 2.05) is 148 Å². The summed E-state index contributed by atoms with van der Waals surface area (Å²) in [6, 6.07) is 36.4. The molecule has 0 atom stereocenters. The molecular weight excluding hydrogens is 1900 g/mol. The molecule has 21 nitrogen and oxygen atoms in total. The van der Waals surface area contributed by atoms with Crippen LogP contribution in [0.25, 0.3) is 171 Å². The minimum Gasteiger partial charge on any atom is -0.499 e. The molecule has 128 heavy (non-hydrogen) atoms. The van der Waals surface area contributed by atoms with Gasteiger partial charge in [-0.1, -0.05) is 42.2 Å². The third kappa shape index (κ3) is 20.4. The summed E-state index contributed by atoms with van der Waals surface area (Å²) >= 11 is 25.2. The molecule has 0 radical (unpaired) electrons. The fourth-order valence-corrected chi connectivity index (χ4v) is 32.2. The first-order valence-corrected chi connectivity index (χ1v) is 51.1. The molecule has 0 bridgehead atoms. The van der Waals surface area contributed by atoms with Crippen LogP contribution in [0.3, 0.4) is 0 Å². The SMILES string of the molecule is [C-]#[N+]/C(=C\c1cc2sc3cc(N(C)C)sc3c2s1)C(=O)OC(C)(C)C.[C-]#[N+]/C(=C\c1cc2sc3cc(N(C)CC(=O)O)sc3c2s1)c1nc2ccccc2s1.[C-]#[N+]/C(=C\c1cc2sc3cc(N(C)CCN(C)CCC(=O)O)sc3c2s1)c1nc2ccccc2o1.[C-]#[N+]/C(C)=C\c1cc2sc3cc(N(C)C)sc3c2s1.[C-]#[N+]C1=C(c2cc3sc(O)cc3s2)C(C)(C)OC1=C. The lowest BCUT2D eigenvalue weighted by Gasteiger charge is -2.22. The number of carboxylic acid groups (broad SMARTS) is 2. The van der Waals surface area contributed by atoms with Gasteiger partial charge in [0.2, 0.25) is 23.0 Å². The Balaban J connectivity index is 0.000000125. The molecule has 0 aliphatic carbocycles. The van der Waals surface area contributed by atoms with Crippen LogP contribution in [0.15, 0.2) is 143 Å². The minimum atomic E-state index is -0.843. The van der Waals surface area contributed by atoms with Gasteiger partial charge in [-0.2, -0.15) is 0 Å². The molecular formula is C92H76N12O9S15. The average molecular weight is 1970 g/mol. The van der Waals surface area contributed by atoms with Crippen molar-refractivity contribution in [2.24, 2.45) is 0 Å². The maximum absolute atomic E-state index is 12.1. The molecule has 0 saturated carbocycles. The number of thiazole rings is 1. The second kappa shape index (κ2) is 38.4. The van der Waals surface area contributed by atoms with Gasteiger partial charge in [0.05, 0.1) is 107 Å². The molecule has 1 aliphatic heterocycles. The first-order valence-electron chi connectivity index (χ1n) is 38.9. The van der Waals surface area contributed by atoms with Crippen LogP contribution in [0.1, 0.15) is 83.2 Å². The van der Waals surface area contributed by atoms with Crippen LogP contribution in [0.5, 0.6) is 5.06 Å². The predicted octanol–water partition coefficient (Wildman–Crippen LogP) is 29.3. The maximum atomic E-state index is 12.1. The van der Waals surface area contributed by atoms with Gasteiger partial charge in [-0.3, -0.25) is 14.4 Å². The Morgan fingerprint density at radius 3 is 1.46 bits per heavy atom. The number of para-hydroxylation sites is 3. The third-order valence-electron chi connectivity index (χ3n) is 19.2. The van der Waals surface area contributed by atoms with Crippen LogP contribution in [0.4, 0.5) is 20.0 Å². The lowest BCUT2D eigenvalue weighted by molar-refractivity contribution is -0.149. The van der Waals surface area contributed by atoms with Crippen LogP contribution in [0, 0.1) is 32.9 Å². The number of oxazole rings is 1. The number of anilines is 4. The summed E-state index contributed by atoms with van der Waals surface area (Å²) in [4.78, 5) is 76.1. The van der Waals surface area contributed by atoms with E-state index in [9.17, 15) is 19.5 Å². The van der Waals surface area contributed by atoms with E-state index in [0.717, 1.165) is 79.0 Å². The van der Waals surface area contributed by atoms with Gasteiger partial charge in [0.25, 0.3) is 5.70 Å². The summed E-state index contributed by atoms with van der Waals surface area (Å²) in [5, 5.41) is 33.1. The van der Waals surface area contributed by atoms with Crippen LogP contribution >= 0.6 is 170 Å². The van der Waals surface area contributed by atoms with Crippen molar-refractivity contribution >= 4 is 355 Å². The number of benzene rings is 2. The number of likely N-dealkylation sites (N-methyl/N-ethyl adjacent to an activating group) is 3. The van der Waals surface area contributed by atoms with Gasteiger partial charge in [-0.25, -0.2) is 34.2 Å². The Labute approximate surface area is 795 Å². The van der Waals surface area contributed by atoms with Gasteiger partial charge in [-0.05, 0) is 152 Å². The van der Waals surface area contributed by atoms with Crippen molar-refractivity contribution in [1.82, 2.24) is 14.9 Å². The molecule has 19 rings (SSSR count). The van der Waals surface area contributed by atoms with Gasteiger partial charge in [0.15, 0.2) is 16.3 Å². The summed E-state index contributed by atoms with van der Waals surface area (Å²) in [6.07, 6.45) is 7.53. The largest absolute Gasteiger partial charge is 0.499 e. The lowest BCUT2D eigenvalue weighted by atomic mass is 9.97. The monoisotopic (exact) mass is 1970 g/mol.